The Balaban J connectivity index is 1.30. The van der Waals surface area contributed by atoms with Crippen LogP contribution in [0.25, 0.3) is 0 Å². The summed E-state index contributed by atoms with van der Waals surface area (Å²) in [5, 5.41) is 27.5. The number of nitro groups is 2. The van der Waals surface area contributed by atoms with E-state index in [4.69, 9.17) is 0 Å². The van der Waals surface area contributed by atoms with Gasteiger partial charge in [-0.2, -0.15) is 9.41 Å². The predicted molar refractivity (Wildman–Crippen MR) is 164 cm³/mol. The number of piperazine rings is 1. The Morgan fingerprint density at radius 3 is 2.23 bits per heavy atom. The van der Waals surface area contributed by atoms with E-state index in [0.717, 1.165) is 32.1 Å². The number of non-ortho nitro benzene ring substituents is 1. The van der Waals surface area contributed by atoms with Crippen LogP contribution in [0.15, 0.2) is 76.7 Å². The van der Waals surface area contributed by atoms with Crippen molar-refractivity contribution in [1.82, 2.24) is 9.21 Å². The number of piperidine rings is 1. The first-order chi connectivity index (χ1) is 20.7. The normalized spacial score (nSPS) is 16.8. The summed E-state index contributed by atoms with van der Waals surface area (Å²) >= 11 is 0. The molecule has 0 aliphatic carbocycles. The molecule has 14 heteroatoms. The highest BCUT2D eigenvalue weighted by atomic mass is 32.2. The Kier molecular flexibility index (Phi) is 9.28. The van der Waals surface area contributed by atoms with E-state index in [1.807, 2.05) is 23.1 Å². The SMILES string of the molecule is O=[N+]([O-])c1ccc(N/N=C\c2ccc(N3CCN(Cc4ccccc4)CC3)c([N+](=O)[O-])c2)c(S(=O)(=O)N2CCCCC2)c1. The molecule has 3 aromatic carbocycles. The Morgan fingerprint density at radius 1 is 0.837 bits per heavy atom. The molecule has 13 nitrogen and oxygen atoms in total. The highest BCUT2D eigenvalue weighted by molar-refractivity contribution is 7.89. The number of sulfonamides is 1. The molecule has 0 bridgehead atoms. The predicted octanol–water partition coefficient (Wildman–Crippen LogP) is 4.45. The highest BCUT2D eigenvalue weighted by Gasteiger charge is 2.30. The van der Waals surface area contributed by atoms with Crippen LogP contribution in [0.2, 0.25) is 0 Å². The van der Waals surface area contributed by atoms with Gasteiger partial charge in [0.1, 0.15) is 10.6 Å². The first-order valence-electron chi connectivity index (χ1n) is 14.1. The summed E-state index contributed by atoms with van der Waals surface area (Å²) in [6.45, 7) is 4.36. The standard InChI is InChI=1S/C29H33N7O6S/c37-35(38)25-10-11-26(29(20-25)43(41,42)34-13-5-2-6-14-34)31-30-21-24-9-12-27(28(19-24)36(39)40)33-17-15-32(16-18-33)22-23-7-3-1-4-8-23/h1,3-4,7-12,19-21,31H,2,5-6,13-18,22H2/b30-21-. The molecule has 2 aliphatic heterocycles. The molecule has 1 N–H and O–H groups in total. The maximum Gasteiger partial charge on any atom is 0.293 e. The minimum Gasteiger partial charge on any atom is -0.363 e. The summed E-state index contributed by atoms with van der Waals surface area (Å²) < 4.78 is 28.1. The van der Waals surface area contributed by atoms with Gasteiger partial charge in [0.15, 0.2) is 0 Å². The van der Waals surface area contributed by atoms with Crippen LogP contribution >= 0.6 is 0 Å². The fourth-order valence-electron chi connectivity index (χ4n) is 5.37. The van der Waals surface area contributed by atoms with Crippen LogP contribution in [-0.4, -0.2) is 73.0 Å². The van der Waals surface area contributed by atoms with Crippen molar-refractivity contribution >= 4 is 39.0 Å². The van der Waals surface area contributed by atoms with Gasteiger partial charge in [-0.25, -0.2) is 8.42 Å². The van der Waals surface area contributed by atoms with Crippen molar-refractivity contribution in [2.24, 2.45) is 5.10 Å². The summed E-state index contributed by atoms with van der Waals surface area (Å²) in [5.41, 5.74) is 4.55. The van der Waals surface area contributed by atoms with Crippen molar-refractivity contribution in [3.05, 3.63) is 98.1 Å². The van der Waals surface area contributed by atoms with Crippen LogP contribution in [0.1, 0.15) is 30.4 Å². The zero-order valence-corrected chi connectivity index (χ0v) is 24.4. The summed E-state index contributed by atoms with van der Waals surface area (Å²) in [5.74, 6) is 0. The average molecular weight is 608 g/mol. The van der Waals surface area contributed by atoms with Crippen LogP contribution in [0, 0.1) is 20.2 Å². The van der Waals surface area contributed by atoms with Crippen LogP contribution < -0.4 is 10.3 Å². The second kappa shape index (κ2) is 13.3. The van der Waals surface area contributed by atoms with Crippen molar-refractivity contribution in [3.8, 4) is 0 Å². The molecule has 2 heterocycles. The molecule has 0 amide bonds. The quantitative estimate of drug-likeness (QED) is 0.200. The molecule has 0 spiro atoms. The number of hydrogen-bond acceptors (Lipinski definition) is 10. The number of nitro benzene ring substituents is 2. The molecule has 0 radical (unpaired) electrons. The smallest absolute Gasteiger partial charge is 0.293 e. The third kappa shape index (κ3) is 7.16. The van der Waals surface area contributed by atoms with E-state index in [1.165, 1.54) is 34.3 Å². The Labute approximate surface area is 249 Å². The van der Waals surface area contributed by atoms with E-state index in [2.05, 4.69) is 27.6 Å². The van der Waals surface area contributed by atoms with E-state index in [0.29, 0.717) is 50.3 Å². The number of anilines is 2. The summed E-state index contributed by atoms with van der Waals surface area (Å²) in [6, 6.07) is 18.6. The minimum absolute atomic E-state index is 0.0517. The number of benzene rings is 3. The number of nitrogens with one attached hydrogen (secondary N) is 1. The van der Waals surface area contributed by atoms with Crippen molar-refractivity contribution < 1.29 is 18.3 Å². The highest BCUT2D eigenvalue weighted by Crippen LogP contribution is 2.32. The Hall–Kier alpha value is -4.40. The van der Waals surface area contributed by atoms with Crippen LogP contribution in [0.3, 0.4) is 0 Å². The van der Waals surface area contributed by atoms with E-state index >= 15 is 0 Å². The summed E-state index contributed by atoms with van der Waals surface area (Å²) in [6.07, 6.45) is 3.71. The van der Waals surface area contributed by atoms with Gasteiger partial charge in [-0.3, -0.25) is 30.6 Å². The lowest BCUT2D eigenvalue weighted by atomic mass is 10.1. The number of hydrogen-bond donors (Lipinski definition) is 1. The van der Waals surface area contributed by atoms with Gasteiger partial charge < -0.3 is 4.90 Å². The molecular formula is C29H33N7O6S. The maximum atomic E-state index is 13.4. The largest absolute Gasteiger partial charge is 0.363 e. The monoisotopic (exact) mass is 607 g/mol. The lowest BCUT2D eigenvalue weighted by Crippen LogP contribution is -2.46. The average Bonchev–Trinajstić information content (AvgIpc) is 3.02. The van der Waals surface area contributed by atoms with Crippen molar-refractivity contribution in [3.63, 3.8) is 0 Å². The number of rotatable bonds is 10. The molecule has 0 aromatic heterocycles. The molecule has 3 aromatic rings. The molecule has 2 saturated heterocycles. The van der Waals surface area contributed by atoms with Gasteiger partial charge in [-0.05, 0) is 30.5 Å². The molecule has 2 fully saturated rings. The maximum absolute atomic E-state index is 13.4. The van der Waals surface area contributed by atoms with Crippen molar-refractivity contribution in [1.29, 1.82) is 0 Å². The second-order valence-electron chi connectivity index (χ2n) is 10.5. The topological polar surface area (TPSA) is 155 Å². The lowest BCUT2D eigenvalue weighted by molar-refractivity contribution is -0.385. The lowest BCUT2D eigenvalue weighted by Gasteiger charge is -2.35. The zero-order valence-electron chi connectivity index (χ0n) is 23.5. The fraction of sp³-hybridized carbons (Fsp3) is 0.345. The summed E-state index contributed by atoms with van der Waals surface area (Å²) in [7, 11) is -4.01. The molecule has 0 saturated carbocycles. The molecular weight excluding hydrogens is 574 g/mol. The van der Waals surface area contributed by atoms with Gasteiger partial charge >= 0.3 is 0 Å². The molecule has 43 heavy (non-hydrogen) atoms. The van der Waals surface area contributed by atoms with E-state index in [1.54, 1.807) is 12.1 Å². The van der Waals surface area contributed by atoms with Gasteiger partial charge in [-0.15, -0.1) is 0 Å². The molecule has 5 rings (SSSR count). The van der Waals surface area contributed by atoms with Crippen LogP contribution in [0.4, 0.5) is 22.7 Å². The fourth-order valence-corrected chi connectivity index (χ4v) is 7.05. The van der Waals surface area contributed by atoms with Crippen molar-refractivity contribution in [2.75, 3.05) is 49.6 Å². The van der Waals surface area contributed by atoms with Gasteiger partial charge in [0.05, 0.1) is 21.7 Å². The Morgan fingerprint density at radius 2 is 1.56 bits per heavy atom. The van der Waals surface area contributed by atoms with E-state index in [9.17, 15) is 28.6 Å². The van der Waals surface area contributed by atoms with Gasteiger partial charge in [-0.1, -0.05) is 42.8 Å². The van der Waals surface area contributed by atoms with E-state index < -0.39 is 19.9 Å². The third-order valence-electron chi connectivity index (χ3n) is 7.67. The van der Waals surface area contributed by atoms with Gasteiger partial charge in [0, 0.05) is 69.6 Å². The molecule has 0 unspecified atom stereocenters. The first-order valence-corrected chi connectivity index (χ1v) is 15.5. The van der Waals surface area contributed by atoms with Gasteiger partial charge in [0.25, 0.3) is 11.4 Å². The Bertz CT molecular complexity index is 1600. The van der Waals surface area contributed by atoms with Crippen molar-refractivity contribution in [2.45, 2.75) is 30.7 Å². The molecule has 0 atom stereocenters. The third-order valence-corrected chi connectivity index (χ3v) is 9.60. The molecule has 226 valence electrons. The summed E-state index contributed by atoms with van der Waals surface area (Å²) in [4.78, 5) is 26.4. The first kappa shape index (κ1) is 30.1. The number of hydrazone groups is 1. The van der Waals surface area contributed by atoms with Crippen LogP contribution in [-0.2, 0) is 16.6 Å². The van der Waals surface area contributed by atoms with E-state index in [-0.39, 0.29) is 22.0 Å². The van der Waals surface area contributed by atoms with Gasteiger partial charge in [0.2, 0.25) is 10.0 Å². The second-order valence-corrected chi connectivity index (χ2v) is 12.4. The van der Waals surface area contributed by atoms with Crippen LogP contribution in [0.5, 0.6) is 0 Å². The number of nitrogens with zero attached hydrogens (tertiary/aromatic N) is 6. The minimum atomic E-state index is -4.01. The molecule has 2 aliphatic rings. The zero-order chi connectivity index (χ0) is 30.4.